The Labute approximate surface area is 221 Å². The highest BCUT2D eigenvalue weighted by Crippen LogP contribution is 2.31. The molecule has 2 aliphatic rings. The molecule has 5 N–H and O–H groups in total. The number of imidazole rings is 2. The molecule has 0 amide bonds. The molecule has 2 fully saturated rings. The molecule has 2 aliphatic heterocycles. The molecule has 3 aromatic heterocycles. The number of hydrogen-bond acceptors (Lipinski definition) is 5. The fourth-order valence-corrected chi connectivity index (χ4v) is 5.65. The smallest absolute Gasteiger partial charge is 0.124 e. The van der Waals surface area contributed by atoms with E-state index < -0.39 is 0 Å². The highest BCUT2D eigenvalue weighted by atomic mass is 16.5. The van der Waals surface area contributed by atoms with Crippen LogP contribution in [0.4, 0.5) is 0 Å². The van der Waals surface area contributed by atoms with Crippen LogP contribution in [-0.2, 0) is 0 Å². The second-order valence-electron chi connectivity index (χ2n) is 10.2. The quantitative estimate of drug-likeness (QED) is 0.191. The number of nitrogens with one attached hydrogen (secondary N) is 4. The first kappa shape index (κ1) is 23.0. The molecule has 0 bridgehead atoms. The van der Waals surface area contributed by atoms with Gasteiger partial charge in [-0.05, 0) is 50.9 Å². The summed E-state index contributed by atoms with van der Waals surface area (Å²) in [5.41, 5.74) is 7.34. The van der Waals surface area contributed by atoms with E-state index in [1.54, 1.807) is 0 Å². The molecule has 0 radical (unpaired) electrons. The van der Waals surface area contributed by atoms with Crippen LogP contribution in [0, 0.1) is 0 Å². The van der Waals surface area contributed by atoms with Crippen LogP contribution in [-0.4, -0.2) is 43.0 Å². The second-order valence-corrected chi connectivity index (χ2v) is 10.2. The molecule has 192 valence electrons. The Hall–Kier alpha value is -4.14. The summed E-state index contributed by atoms with van der Waals surface area (Å²) in [5, 5.41) is 18.0. The van der Waals surface area contributed by atoms with Crippen molar-refractivity contribution in [2.24, 2.45) is 0 Å². The van der Waals surface area contributed by atoms with Crippen molar-refractivity contribution in [1.82, 2.24) is 35.3 Å². The Kier molecular flexibility index (Phi) is 5.83. The molecule has 0 spiro atoms. The summed E-state index contributed by atoms with van der Waals surface area (Å²) in [6.45, 7) is 2.09. The van der Waals surface area contributed by atoms with Crippen LogP contribution < -0.4 is 10.6 Å². The standard InChI is InChI=1S/C30H31N7O/c38-37-27(21-9-5-19(6-10-21)25-17-33-29(35-25)23-3-1-15-31-23)13-14-28(37)22-11-7-20(8-12-22)26-18-34-30(36-26)24-4-2-16-32-24/h5-14,17-18,23-24,31-32,38H,1-4,15-16H2,(H,33,35)(H,34,36). The van der Waals surface area contributed by atoms with Crippen molar-refractivity contribution in [1.29, 1.82) is 0 Å². The highest BCUT2D eigenvalue weighted by molar-refractivity contribution is 5.73. The first-order chi connectivity index (χ1) is 18.7. The summed E-state index contributed by atoms with van der Waals surface area (Å²) in [7, 11) is 0. The maximum Gasteiger partial charge on any atom is 0.124 e. The fourth-order valence-electron chi connectivity index (χ4n) is 5.65. The summed E-state index contributed by atoms with van der Waals surface area (Å²) in [6, 6.07) is 20.9. The lowest BCUT2D eigenvalue weighted by atomic mass is 10.1. The minimum absolute atomic E-state index is 0.319. The minimum Gasteiger partial charge on any atom is -0.428 e. The Balaban J connectivity index is 1.08. The van der Waals surface area contributed by atoms with E-state index in [-0.39, 0.29) is 0 Å². The topological polar surface area (TPSA) is 107 Å². The second kappa shape index (κ2) is 9.63. The van der Waals surface area contributed by atoms with Crippen LogP contribution in [0.15, 0.2) is 73.1 Å². The third-order valence-corrected chi connectivity index (χ3v) is 7.78. The largest absolute Gasteiger partial charge is 0.428 e. The highest BCUT2D eigenvalue weighted by Gasteiger charge is 2.21. The molecule has 38 heavy (non-hydrogen) atoms. The van der Waals surface area contributed by atoms with Gasteiger partial charge in [0.1, 0.15) is 11.6 Å². The van der Waals surface area contributed by atoms with Gasteiger partial charge in [-0.15, -0.1) is 0 Å². The summed E-state index contributed by atoms with van der Waals surface area (Å²) < 4.78 is 1.26. The van der Waals surface area contributed by atoms with Crippen LogP contribution in [0.1, 0.15) is 49.4 Å². The van der Waals surface area contributed by atoms with E-state index in [1.807, 2.05) is 48.8 Å². The van der Waals surface area contributed by atoms with E-state index in [2.05, 4.69) is 44.9 Å². The zero-order valence-corrected chi connectivity index (χ0v) is 21.1. The van der Waals surface area contributed by atoms with Gasteiger partial charge < -0.3 is 25.8 Å². The van der Waals surface area contributed by atoms with Crippen LogP contribution >= 0.6 is 0 Å². The Bertz CT molecular complexity index is 1420. The van der Waals surface area contributed by atoms with E-state index in [0.717, 1.165) is 82.6 Å². The summed E-state index contributed by atoms with van der Waals surface area (Å²) >= 11 is 0. The van der Waals surface area contributed by atoms with Gasteiger partial charge in [0.05, 0.1) is 34.9 Å². The average molecular weight is 506 g/mol. The maximum atomic E-state index is 11.0. The van der Waals surface area contributed by atoms with Gasteiger partial charge in [-0.1, -0.05) is 48.5 Å². The molecule has 2 atom stereocenters. The van der Waals surface area contributed by atoms with Crippen molar-refractivity contribution in [3.63, 3.8) is 0 Å². The Morgan fingerprint density at radius 3 is 1.42 bits per heavy atom. The van der Waals surface area contributed by atoms with Gasteiger partial charge in [-0.2, -0.15) is 4.73 Å². The van der Waals surface area contributed by atoms with E-state index in [1.165, 1.54) is 17.6 Å². The third kappa shape index (κ3) is 4.21. The summed E-state index contributed by atoms with van der Waals surface area (Å²) in [5.74, 6) is 2.00. The fraction of sp³-hybridized carbons (Fsp3) is 0.267. The van der Waals surface area contributed by atoms with Gasteiger partial charge in [-0.25, -0.2) is 9.97 Å². The molecule has 2 aromatic carbocycles. The molecule has 0 aliphatic carbocycles. The van der Waals surface area contributed by atoms with Gasteiger partial charge in [0, 0.05) is 34.6 Å². The lowest BCUT2D eigenvalue weighted by Crippen LogP contribution is -2.14. The normalized spacial score (nSPS) is 19.4. The summed E-state index contributed by atoms with van der Waals surface area (Å²) in [4.78, 5) is 16.2. The SMILES string of the molecule is On1c(-c2ccc(-c3c[nH]c(C4CCCN4)n3)cc2)ccc1-c1ccc(-c2c[nH]c(C3CCCN3)n2)cc1. The molecule has 8 nitrogen and oxygen atoms in total. The molecular formula is C30H31N7O. The van der Waals surface area contributed by atoms with Crippen LogP contribution in [0.3, 0.4) is 0 Å². The van der Waals surface area contributed by atoms with Crippen molar-refractivity contribution >= 4 is 0 Å². The molecule has 2 unspecified atom stereocenters. The van der Waals surface area contributed by atoms with Gasteiger partial charge in [0.2, 0.25) is 0 Å². The molecule has 2 saturated heterocycles. The summed E-state index contributed by atoms with van der Waals surface area (Å²) in [6.07, 6.45) is 8.54. The molecule has 0 saturated carbocycles. The third-order valence-electron chi connectivity index (χ3n) is 7.78. The van der Waals surface area contributed by atoms with E-state index in [9.17, 15) is 5.21 Å². The van der Waals surface area contributed by atoms with Crippen LogP contribution in [0.25, 0.3) is 45.0 Å². The van der Waals surface area contributed by atoms with E-state index in [4.69, 9.17) is 9.97 Å². The van der Waals surface area contributed by atoms with Crippen molar-refractivity contribution < 1.29 is 5.21 Å². The number of rotatable bonds is 6. The van der Waals surface area contributed by atoms with Gasteiger partial charge in [0.25, 0.3) is 0 Å². The van der Waals surface area contributed by atoms with Gasteiger partial charge >= 0.3 is 0 Å². The van der Waals surface area contributed by atoms with Crippen molar-refractivity contribution in [2.45, 2.75) is 37.8 Å². The molecule has 5 aromatic rings. The monoisotopic (exact) mass is 505 g/mol. The van der Waals surface area contributed by atoms with Crippen molar-refractivity contribution in [3.8, 4) is 45.0 Å². The molecule has 5 heterocycles. The van der Waals surface area contributed by atoms with Crippen molar-refractivity contribution in [3.05, 3.63) is 84.7 Å². The van der Waals surface area contributed by atoms with Crippen LogP contribution in [0.2, 0.25) is 0 Å². The minimum atomic E-state index is 0.319. The van der Waals surface area contributed by atoms with Gasteiger partial charge in [0.15, 0.2) is 0 Å². The lowest BCUT2D eigenvalue weighted by Gasteiger charge is -2.08. The zero-order valence-electron chi connectivity index (χ0n) is 21.1. The molecule has 8 heteroatoms. The van der Waals surface area contributed by atoms with Crippen molar-refractivity contribution in [2.75, 3.05) is 13.1 Å². The van der Waals surface area contributed by atoms with Crippen LogP contribution in [0.5, 0.6) is 0 Å². The molecule has 7 rings (SSSR count). The maximum absolute atomic E-state index is 11.0. The number of aromatic amines is 2. The number of hydrogen-bond donors (Lipinski definition) is 5. The number of H-pyrrole nitrogens is 2. The Morgan fingerprint density at radius 2 is 1.03 bits per heavy atom. The molecular weight excluding hydrogens is 474 g/mol. The number of benzene rings is 2. The van der Waals surface area contributed by atoms with E-state index in [0.29, 0.717) is 12.1 Å². The lowest BCUT2D eigenvalue weighted by molar-refractivity contribution is 0.197. The van der Waals surface area contributed by atoms with E-state index >= 15 is 0 Å². The average Bonchev–Trinajstić information content (AvgIpc) is 3.79. The first-order valence-electron chi connectivity index (χ1n) is 13.4. The number of aromatic nitrogens is 5. The zero-order chi connectivity index (χ0) is 25.5. The predicted octanol–water partition coefficient (Wildman–Crippen LogP) is 5.69. The van der Waals surface area contributed by atoms with Gasteiger partial charge in [-0.3, -0.25) is 0 Å². The number of nitrogens with zero attached hydrogens (tertiary/aromatic N) is 3. The predicted molar refractivity (Wildman–Crippen MR) is 148 cm³/mol. The Morgan fingerprint density at radius 1 is 0.605 bits per heavy atom. The first-order valence-corrected chi connectivity index (χ1v) is 13.4.